The maximum Gasteiger partial charge on any atom is 0.200 e. The van der Waals surface area contributed by atoms with Crippen molar-refractivity contribution in [2.45, 2.75) is 12.5 Å². The molecule has 2 rings (SSSR count). The molecule has 1 unspecified atom stereocenters. The quantitative estimate of drug-likeness (QED) is 0.772. The summed E-state index contributed by atoms with van der Waals surface area (Å²) in [6.07, 6.45) is -0.0816. The van der Waals surface area contributed by atoms with E-state index in [1.165, 1.54) is 14.2 Å². The Labute approximate surface area is 141 Å². The third kappa shape index (κ3) is 4.02. The number of phenols is 1. The van der Waals surface area contributed by atoms with E-state index in [1.54, 1.807) is 31.4 Å². The number of hydrogen-bond acceptors (Lipinski definition) is 6. The molecule has 2 N–H and O–H groups in total. The SMILES string of the molecule is COc1ccccc1OC(CO)Cc1cc(OC)c(O)c(OC)c1. The molecule has 0 saturated carbocycles. The number of rotatable bonds is 8. The normalized spacial score (nSPS) is 11.7. The van der Waals surface area contributed by atoms with Gasteiger partial charge in [0, 0.05) is 6.42 Å². The van der Waals surface area contributed by atoms with Crippen LogP contribution < -0.4 is 18.9 Å². The Balaban J connectivity index is 2.21. The summed E-state index contributed by atoms with van der Waals surface area (Å²) in [5.41, 5.74) is 0.801. The summed E-state index contributed by atoms with van der Waals surface area (Å²) in [7, 11) is 4.49. The monoisotopic (exact) mass is 334 g/mol. The highest BCUT2D eigenvalue weighted by Crippen LogP contribution is 2.37. The average molecular weight is 334 g/mol. The van der Waals surface area contributed by atoms with Crippen LogP contribution in [-0.4, -0.2) is 44.3 Å². The van der Waals surface area contributed by atoms with E-state index in [4.69, 9.17) is 18.9 Å². The highest BCUT2D eigenvalue weighted by atomic mass is 16.5. The molecule has 6 heteroatoms. The fourth-order valence-electron chi connectivity index (χ4n) is 2.37. The lowest BCUT2D eigenvalue weighted by molar-refractivity contribution is 0.112. The van der Waals surface area contributed by atoms with Crippen molar-refractivity contribution in [1.82, 2.24) is 0 Å². The Kier molecular flexibility index (Phi) is 6.14. The number of methoxy groups -OCH3 is 3. The third-order valence-electron chi connectivity index (χ3n) is 3.57. The van der Waals surface area contributed by atoms with E-state index in [-0.39, 0.29) is 12.4 Å². The Morgan fingerprint density at radius 2 is 1.42 bits per heavy atom. The van der Waals surface area contributed by atoms with Gasteiger partial charge >= 0.3 is 0 Å². The van der Waals surface area contributed by atoms with Gasteiger partial charge in [0.05, 0.1) is 27.9 Å². The van der Waals surface area contributed by atoms with E-state index < -0.39 is 6.10 Å². The first-order valence-electron chi connectivity index (χ1n) is 7.47. The van der Waals surface area contributed by atoms with Crippen molar-refractivity contribution >= 4 is 0 Å². The standard InChI is InChI=1S/C18H22O6/c1-21-14-6-4-5-7-15(14)24-13(11-19)8-12-9-16(22-2)18(20)17(10-12)23-3/h4-7,9-10,13,19-20H,8,11H2,1-3H3. The second-order valence-corrected chi connectivity index (χ2v) is 5.13. The van der Waals surface area contributed by atoms with Crippen LogP contribution in [0.2, 0.25) is 0 Å². The summed E-state index contributed by atoms with van der Waals surface area (Å²) in [5, 5.41) is 19.6. The highest BCUT2D eigenvalue weighted by Gasteiger charge is 2.17. The van der Waals surface area contributed by atoms with E-state index >= 15 is 0 Å². The summed E-state index contributed by atoms with van der Waals surface area (Å²) >= 11 is 0. The minimum Gasteiger partial charge on any atom is -0.502 e. The summed E-state index contributed by atoms with van der Waals surface area (Å²) in [6, 6.07) is 10.6. The maximum absolute atomic E-state index is 9.96. The average Bonchev–Trinajstić information content (AvgIpc) is 2.62. The van der Waals surface area contributed by atoms with Crippen LogP contribution in [0.5, 0.6) is 28.7 Å². The predicted molar refractivity (Wildman–Crippen MR) is 89.4 cm³/mol. The molecule has 2 aromatic carbocycles. The van der Waals surface area contributed by atoms with Gasteiger partial charge < -0.3 is 29.2 Å². The van der Waals surface area contributed by atoms with Crippen molar-refractivity contribution in [2.75, 3.05) is 27.9 Å². The number of aromatic hydroxyl groups is 1. The summed E-state index contributed by atoms with van der Waals surface area (Å²) < 4.78 is 21.4. The molecular weight excluding hydrogens is 312 g/mol. The van der Waals surface area contributed by atoms with Crippen molar-refractivity contribution in [3.05, 3.63) is 42.0 Å². The number of aliphatic hydroxyl groups excluding tert-OH is 1. The number of ether oxygens (including phenoxy) is 4. The van der Waals surface area contributed by atoms with Crippen molar-refractivity contribution < 1.29 is 29.2 Å². The molecule has 0 fully saturated rings. The Morgan fingerprint density at radius 3 is 1.92 bits per heavy atom. The summed E-state index contributed by atoms with van der Waals surface area (Å²) in [6.45, 7) is -0.177. The molecule has 0 radical (unpaired) electrons. The van der Waals surface area contributed by atoms with Crippen LogP contribution in [0, 0.1) is 0 Å². The first-order valence-corrected chi connectivity index (χ1v) is 7.47. The second-order valence-electron chi connectivity index (χ2n) is 5.13. The molecule has 2 aromatic rings. The van der Waals surface area contributed by atoms with Gasteiger partial charge in [0.1, 0.15) is 6.10 Å². The van der Waals surface area contributed by atoms with Crippen LogP contribution >= 0.6 is 0 Å². The smallest absolute Gasteiger partial charge is 0.200 e. The van der Waals surface area contributed by atoms with Crippen molar-refractivity contribution in [3.8, 4) is 28.7 Å². The highest BCUT2D eigenvalue weighted by molar-refractivity contribution is 5.53. The number of para-hydroxylation sites is 2. The predicted octanol–water partition coefficient (Wildman–Crippen LogP) is 2.40. The lowest BCUT2D eigenvalue weighted by Crippen LogP contribution is -2.24. The van der Waals surface area contributed by atoms with Crippen LogP contribution in [0.1, 0.15) is 5.56 Å². The molecule has 6 nitrogen and oxygen atoms in total. The summed E-state index contributed by atoms with van der Waals surface area (Å²) in [4.78, 5) is 0. The zero-order valence-corrected chi connectivity index (χ0v) is 14.0. The van der Waals surface area contributed by atoms with Gasteiger partial charge in [-0.2, -0.15) is 0 Å². The van der Waals surface area contributed by atoms with E-state index in [2.05, 4.69) is 0 Å². The van der Waals surface area contributed by atoms with Gasteiger partial charge in [-0.1, -0.05) is 12.1 Å². The van der Waals surface area contributed by atoms with E-state index in [1.807, 2.05) is 12.1 Å². The van der Waals surface area contributed by atoms with Gasteiger partial charge in [0.25, 0.3) is 0 Å². The van der Waals surface area contributed by atoms with Gasteiger partial charge in [0.2, 0.25) is 5.75 Å². The molecule has 0 amide bonds. The summed E-state index contributed by atoms with van der Waals surface area (Å²) in [5.74, 6) is 1.69. The molecular formula is C18H22O6. The van der Waals surface area contributed by atoms with Crippen LogP contribution in [0.15, 0.2) is 36.4 Å². The second kappa shape index (κ2) is 8.31. The van der Waals surface area contributed by atoms with E-state index in [0.717, 1.165) is 5.56 Å². The van der Waals surface area contributed by atoms with Gasteiger partial charge in [0.15, 0.2) is 23.0 Å². The fraction of sp³-hybridized carbons (Fsp3) is 0.333. The minimum absolute atomic E-state index is 0.0602. The lowest BCUT2D eigenvalue weighted by Gasteiger charge is -2.19. The number of hydrogen-bond donors (Lipinski definition) is 2. The third-order valence-corrected chi connectivity index (χ3v) is 3.57. The van der Waals surface area contributed by atoms with Gasteiger partial charge in [-0.15, -0.1) is 0 Å². The molecule has 0 spiro atoms. The van der Waals surface area contributed by atoms with Gasteiger partial charge in [-0.05, 0) is 29.8 Å². The Morgan fingerprint density at radius 1 is 0.875 bits per heavy atom. The molecule has 0 saturated heterocycles. The first-order chi connectivity index (χ1) is 11.6. The topological polar surface area (TPSA) is 77.4 Å². The minimum atomic E-state index is -0.486. The Hall–Kier alpha value is -2.60. The van der Waals surface area contributed by atoms with Crippen LogP contribution in [0.4, 0.5) is 0 Å². The van der Waals surface area contributed by atoms with Crippen LogP contribution in [0.3, 0.4) is 0 Å². The maximum atomic E-state index is 9.96. The zero-order valence-electron chi connectivity index (χ0n) is 14.0. The number of benzene rings is 2. The van der Waals surface area contributed by atoms with Gasteiger partial charge in [-0.3, -0.25) is 0 Å². The Bertz CT molecular complexity index is 645. The molecule has 0 aliphatic rings. The van der Waals surface area contributed by atoms with Gasteiger partial charge in [-0.25, -0.2) is 0 Å². The van der Waals surface area contributed by atoms with Crippen molar-refractivity contribution in [2.24, 2.45) is 0 Å². The molecule has 0 heterocycles. The van der Waals surface area contributed by atoms with Crippen molar-refractivity contribution in [3.63, 3.8) is 0 Å². The largest absolute Gasteiger partial charge is 0.502 e. The molecule has 0 aliphatic heterocycles. The zero-order chi connectivity index (χ0) is 17.5. The van der Waals surface area contributed by atoms with Crippen LogP contribution in [0.25, 0.3) is 0 Å². The van der Waals surface area contributed by atoms with E-state index in [0.29, 0.717) is 29.4 Å². The molecule has 0 bridgehead atoms. The van der Waals surface area contributed by atoms with Crippen LogP contribution in [-0.2, 0) is 6.42 Å². The van der Waals surface area contributed by atoms with E-state index in [9.17, 15) is 10.2 Å². The fourth-order valence-corrected chi connectivity index (χ4v) is 2.37. The number of phenolic OH excluding ortho intramolecular Hbond substituents is 1. The lowest BCUT2D eigenvalue weighted by atomic mass is 10.1. The first kappa shape index (κ1) is 17.7. The number of aliphatic hydroxyl groups is 1. The molecule has 1 atom stereocenters. The molecule has 24 heavy (non-hydrogen) atoms. The molecule has 0 aromatic heterocycles. The molecule has 130 valence electrons. The molecule has 0 aliphatic carbocycles. The van der Waals surface area contributed by atoms with Crippen molar-refractivity contribution in [1.29, 1.82) is 0 Å².